The van der Waals surface area contributed by atoms with Gasteiger partial charge in [0.2, 0.25) is 0 Å². The number of rotatable bonds is 7. The number of nitrogens with one attached hydrogen (secondary N) is 2. The number of aromatic amines is 1. The van der Waals surface area contributed by atoms with Crippen molar-refractivity contribution in [3.05, 3.63) is 107 Å². The summed E-state index contributed by atoms with van der Waals surface area (Å²) in [6.45, 7) is 1.82. The van der Waals surface area contributed by atoms with Crippen molar-refractivity contribution in [3.8, 4) is 11.1 Å². The van der Waals surface area contributed by atoms with Gasteiger partial charge < -0.3 is 10.3 Å². The number of ketones is 1. The van der Waals surface area contributed by atoms with Gasteiger partial charge in [0.25, 0.3) is 5.91 Å². The lowest BCUT2D eigenvalue weighted by Gasteiger charge is -2.05. The highest BCUT2D eigenvalue weighted by Crippen LogP contribution is 2.26. The van der Waals surface area contributed by atoms with Crippen molar-refractivity contribution in [3.63, 3.8) is 0 Å². The third-order valence-electron chi connectivity index (χ3n) is 5.85. The number of hydrogen-bond acceptors (Lipinski definition) is 2. The van der Waals surface area contributed by atoms with E-state index in [0.717, 1.165) is 28.5 Å². The van der Waals surface area contributed by atoms with E-state index < -0.39 is 11.6 Å². The van der Waals surface area contributed by atoms with Gasteiger partial charge in [-0.05, 0) is 48.2 Å². The van der Waals surface area contributed by atoms with E-state index >= 15 is 0 Å². The number of carbonyl (C=O) groups excluding carboxylic acids is 2. The smallest absolute Gasteiger partial charge is 0.251 e. The molecule has 3 aromatic carbocycles. The van der Waals surface area contributed by atoms with Crippen molar-refractivity contribution in [2.75, 3.05) is 7.05 Å². The van der Waals surface area contributed by atoms with Crippen LogP contribution in [-0.4, -0.2) is 23.7 Å². The Balaban J connectivity index is 1.39. The summed E-state index contributed by atoms with van der Waals surface area (Å²) in [4.78, 5) is 27.2. The topological polar surface area (TPSA) is 62.0 Å². The third kappa shape index (κ3) is 4.81. The van der Waals surface area contributed by atoms with Gasteiger partial charge in [0.05, 0.1) is 5.52 Å². The fraction of sp³-hybridized carbons (Fsp3) is 0.143. The Hall–Kier alpha value is -4.06. The van der Waals surface area contributed by atoms with Crippen LogP contribution in [0.3, 0.4) is 0 Å². The number of Topliss-reactive ketones (excluding diaryl/α,β-unsaturated/α-hetero) is 1. The molecule has 4 nitrogen and oxygen atoms in total. The molecule has 0 saturated carbocycles. The van der Waals surface area contributed by atoms with Crippen LogP contribution in [0.5, 0.6) is 0 Å². The number of H-pyrrole nitrogens is 1. The highest BCUT2D eigenvalue weighted by Gasteiger charge is 2.13. The SMILES string of the molecule is CNC(=O)c1ccc(-c2ccc(C(=O)C/C=C/Cc3c(C)[nH]c4c(F)cc(F)cc34)cc2)cc1. The van der Waals surface area contributed by atoms with Gasteiger partial charge in [-0.3, -0.25) is 9.59 Å². The predicted octanol–water partition coefficient (Wildman–Crippen LogP) is 6.15. The average Bonchev–Trinajstić information content (AvgIpc) is 3.16. The van der Waals surface area contributed by atoms with Crippen LogP contribution in [0.1, 0.15) is 38.4 Å². The summed E-state index contributed by atoms with van der Waals surface area (Å²) < 4.78 is 27.6. The Labute approximate surface area is 196 Å². The fourth-order valence-corrected chi connectivity index (χ4v) is 3.98. The summed E-state index contributed by atoms with van der Waals surface area (Å²) >= 11 is 0. The van der Waals surface area contributed by atoms with Crippen LogP contribution in [0.2, 0.25) is 0 Å². The van der Waals surface area contributed by atoms with Crippen LogP contribution in [-0.2, 0) is 6.42 Å². The molecule has 4 rings (SSSR count). The van der Waals surface area contributed by atoms with Gasteiger partial charge >= 0.3 is 0 Å². The number of halogens is 2. The van der Waals surface area contributed by atoms with Gasteiger partial charge in [0, 0.05) is 41.7 Å². The summed E-state index contributed by atoms with van der Waals surface area (Å²) in [5.74, 6) is -1.39. The molecule has 0 spiro atoms. The average molecular weight is 459 g/mol. The van der Waals surface area contributed by atoms with Crippen LogP contribution >= 0.6 is 0 Å². The maximum Gasteiger partial charge on any atom is 0.251 e. The van der Waals surface area contributed by atoms with Crippen molar-refractivity contribution < 1.29 is 18.4 Å². The minimum Gasteiger partial charge on any atom is -0.356 e. The molecule has 6 heteroatoms. The Morgan fingerprint density at radius 2 is 1.53 bits per heavy atom. The molecular weight excluding hydrogens is 434 g/mol. The van der Waals surface area contributed by atoms with Crippen molar-refractivity contribution in [2.45, 2.75) is 19.8 Å². The highest BCUT2D eigenvalue weighted by molar-refractivity contribution is 5.97. The second-order valence-electron chi connectivity index (χ2n) is 8.08. The maximum absolute atomic E-state index is 14.0. The molecular formula is C28H24F2N2O2. The van der Waals surface area contributed by atoms with E-state index in [0.29, 0.717) is 28.5 Å². The van der Waals surface area contributed by atoms with E-state index in [2.05, 4.69) is 10.3 Å². The maximum atomic E-state index is 14.0. The standard InChI is InChI=1S/C28H24F2N2O2/c1-17-23(24-15-22(29)16-25(30)27(24)32-17)5-3-4-6-26(33)20-11-7-18(8-12-20)19-9-13-21(14-10-19)28(34)31-2/h3-4,7-16,32H,5-6H2,1-2H3,(H,31,34)/b4-3+. The second kappa shape index (κ2) is 9.83. The van der Waals surface area contributed by atoms with Gasteiger partial charge in [-0.1, -0.05) is 48.6 Å². The number of aryl methyl sites for hydroxylation is 1. The number of aromatic nitrogens is 1. The molecule has 0 fully saturated rings. The first-order valence-corrected chi connectivity index (χ1v) is 10.9. The first-order chi connectivity index (χ1) is 16.4. The molecule has 1 amide bonds. The lowest BCUT2D eigenvalue weighted by Crippen LogP contribution is -2.17. The molecule has 1 aromatic heterocycles. The van der Waals surface area contributed by atoms with Gasteiger partial charge in [0.15, 0.2) is 5.78 Å². The summed E-state index contributed by atoms with van der Waals surface area (Å²) in [5, 5.41) is 3.11. The molecule has 0 aliphatic carbocycles. The van der Waals surface area contributed by atoms with E-state index in [1.54, 1.807) is 37.4 Å². The van der Waals surface area contributed by atoms with Crippen LogP contribution < -0.4 is 5.32 Å². The quantitative estimate of drug-likeness (QED) is 0.258. The molecule has 0 unspecified atom stereocenters. The minimum atomic E-state index is -0.616. The molecule has 1 heterocycles. The molecule has 0 aliphatic rings. The largest absolute Gasteiger partial charge is 0.356 e. The van der Waals surface area contributed by atoms with Gasteiger partial charge in [-0.25, -0.2) is 8.78 Å². The van der Waals surface area contributed by atoms with Crippen molar-refractivity contribution in [2.24, 2.45) is 0 Å². The van der Waals surface area contributed by atoms with E-state index in [1.165, 1.54) is 6.07 Å². The molecule has 4 aromatic rings. The first kappa shape index (κ1) is 23.1. The molecule has 34 heavy (non-hydrogen) atoms. The Morgan fingerprint density at radius 1 is 0.912 bits per heavy atom. The van der Waals surface area contributed by atoms with E-state index in [9.17, 15) is 18.4 Å². The zero-order valence-corrected chi connectivity index (χ0v) is 18.9. The normalized spacial score (nSPS) is 11.3. The molecule has 0 radical (unpaired) electrons. The lowest BCUT2D eigenvalue weighted by atomic mass is 10.00. The second-order valence-corrected chi connectivity index (χ2v) is 8.08. The van der Waals surface area contributed by atoms with Crippen molar-refractivity contribution in [1.29, 1.82) is 0 Å². The third-order valence-corrected chi connectivity index (χ3v) is 5.85. The zero-order valence-electron chi connectivity index (χ0n) is 18.9. The first-order valence-electron chi connectivity index (χ1n) is 10.9. The minimum absolute atomic E-state index is 0.0227. The summed E-state index contributed by atoms with van der Waals surface area (Å²) in [5.41, 5.74) is 4.96. The van der Waals surface area contributed by atoms with Gasteiger partial charge in [-0.2, -0.15) is 0 Å². The lowest BCUT2D eigenvalue weighted by molar-refractivity contribution is 0.0961. The fourth-order valence-electron chi connectivity index (χ4n) is 3.98. The highest BCUT2D eigenvalue weighted by atomic mass is 19.1. The molecule has 0 saturated heterocycles. The number of hydrogen-bond donors (Lipinski definition) is 2. The van der Waals surface area contributed by atoms with Crippen LogP contribution in [0.25, 0.3) is 22.0 Å². The van der Waals surface area contributed by atoms with Crippen molar-refractivity contribution in [1.82, 2.24) is 10.3 Å². The molecule has 2 N–H and O–H groups in total. The molecule has 0 aliphatic heterocycles. The van der Waals surface area contributed by atoms with Crippen LogP contribution in [0, 0.1) is 18.6 Å². The Bertz CT molecular complexity index is 1380. The van der Waals surface area contributed by atoms with E-state index in [1.807, 2.05) is 37.3 Å². The van der Waals surface area contributed by atoms with E-state index in [-0.39, 0.29) is 18.1 Å². The van der Waals surface area contributed by atoms with Gasteiger partial charge in [0.1, 0.15) is 11.6 Å². The summed E-state index contributed by atoms with van der Waals surface area (Å²) in [6.07, 6.45) is 4.32. The predicted molar refractivity (Wildman–Crippen MR) is 130 cm³/mol. The van der Waals surface area contributed by atoms with Crippen LogP contribution in [0.4, 0.5) is 8.78 Å². The monoisotopic (exact) mass is 458 g/mol. The number of amides is 1. The number of benzene rings is 3. The van der Waals surface area contributed by atoms with E-state index in [4.69, 9.17) is 0 Å². The van der Waals surface area contributed by atoms with Crippen molar-refractivity contribution >= 4 is 22.6 Å². The molecule has 172 valence electrons. The number of allylic oxidation sites excluding steroid dienone is 2. The van der Waals surface area contributed by atoms with Crippen LogP contribution in [0.15, 0.2) is 72.8 Å². The number of carbonyl (C=O) groups is 2. The Kier molecular flexibility index (Phi) is 6.68. The van der Waals surface area contributed by atoms with Gasteiger partial charge in [-0.15, -0.1) is 0 Å². The number of fused-ring (bicyclic) bond motifs is 1. The summed E-state index contributed by atoms with van der Waals surface area (Å²) in [7, 11) is 1.59. The zero-order chi connectivity index (χ0) is 24.2. The summed E-state index contributed by atoms with van der Waals surface area (Å²) in [6, 6.07) is 16.8. The molecule has 0 atom stereocenters. The Morgan fingerprint density at radius 3 is 2.15 bits per heavy atom. The molecule has 0 bridgehead atoms.